The summed E-state index contributed by atoms with van der Waals surface area (Å²) in [6.45, 7) is 0. The first kappa shape index (κ1) is 15.5. The van der Waals surface area contributed by atoms with Crippen LogP contribution in [-0.2, 0) is 9.53 Å². The van der Waals surface area contributed by atoms with Gasteiger partial charge in [-0.1, -0.05) is 66.7 Å². The van der Waals surface area contributed by atoms with Crippen molar-refractivity contribution in [2.75, 3.05) is 0 Å². The van der Waals surface area contributed by atoms with Gasteiger partial charge in [-0.3, -0.25) is 0 Å². The maximum atomic E-state index is 12.4. The SMILES string of the molecule is O=C1OC(c2ccccc2)=N/C1=C\c1cc2ccccc2c2ccccc12. The summed E-state index contributed by atoms with van der Waals surface area (Å²) < 4.78 is 5.37. The molecule has 0 radical (unpaired) electrons. The number of hydrogen-bond acceptors (Lipinski definition) is 3. The number of carbonyl (C=O) groups excluding carboxylic acids is 1. The topological polar surface area (TPSA) is 38.7 Å². The summed E-state index contributed by atoms with van der Waals surface area (Å²) in [7, 11) is 0. The van der Waals surface area contributed by atoms with E-state index in [1.807, 2.05) is 60.7 Å². The minimum Gasteiger partial charge on any atom is -0.402 e. The molecule has 0 unspecified atom stereocenters. The van der Waals surface area contributed by atoms with Gasteiger partial charge in [0.1, 0.15) is 0 Å². The van der Waals surface area contributed by atoms with Crippen molar-refractivity contribution in [2.24, 2.45) is 4.99 Å². The molecule has 1 heterocycles. The molecule has 0 saturated heterocycles. The first-order valence-electron chi connectivity index (χ1n) is 8.78. The van der Waals surface area contributed by atoms with E-state index in [2.05, 4.69) is 35.3 Å². The van der Waals surface area contributed by atoms with E-state index in [1.165, 1.54) is 5.39 Å². The predicted molar refractivity (Wildman–Crippen MR) is 109 cm³/mol. The molecular weight excluding hydrogens is 334 g/mol. The van der Waals surface area contributed by atoms with Crippen LogP contribution < -0.4 is 0 Å². The van der Waals surface area contributed by atoms with Crippen LogP contribution in [0.15, 0.2) is 95.6 Å². The minimum atomic E-state index is -0.425. The van der Waals surface area contributed by atoms with Crippen molar-refractivity contribution in [3.05, 3.63) is 102 Å². The van der Waals surface area contributed by atoms with Crippen LogP contribution >= 0.6 is 0 Å². The van der Waals surface area contributed by atoms with Gasteiger partial charge in [0.25, 0.3) is 0 Å². The second kappa shape index (κ2) is 6.22. The molecule has 27 heavy (non-hydrogen) atoms. The third-order valence-electron chi connectivity index (χ3n) is 4.73. The lowest BCUT2D eigenvalue weighted by molar-refractivity contribution is -0.129. The maximum Gasteiger partial charge on any atom is 0.363 e. The van der Waals surface area contributed by atoms with Gasteiger partial charge in [0, 0.05) is 5.56 Å². The van der Waals surface area contributed by atoms with Gasteiger partial charge in [-0.2, -0.15) is 0 Å². The summed E-state index contributed by atoms with van der Waals surface area (Å²) in [5.74, 6) is -0.0805. The molecule has 0 saturated carbocycles. The lowest BCUT2D eigenvalue weighted by Gasteiger charge is -2.07. The van der Waals surface area contributed by atoms with Crippen LogP contribution in [0.4, 0.5) is 0 Å². The number of hydrogen-bond donors (Lipinski definition) is 0. The molecule has 0 bridgehead atoms. The molecule has 4 aromatic rings. The second-order valence-corrected chi connectivity index (χ2v) is 6.43. The quantitative estimate of drug-likeness (QED) is 0.278. The molecular formula is C24H15NO2. The third kappa shape index (κ3) is 2.70. The molecule has 0 fully saturated rings. The Labute approximate surface area is 156 Å². The molecule has 0 amide bonds. The van der Waals surface area contributed by atoms with Gasteiger partial charge in [-0.15, -0.1) is 0 Å². The number of esters is 1. The summed E-state index contributed by atoms with van der Waals surface area (Å²) in [5.41, 5.74) is 2.06. The van der Waals surface area contributed by atoms with Gasteiger partial charge in [0.05, 0.1) is 0 Å². The highest BCUT2D eigenvalue weighted by atomic mass is 16.6. The van der Waals surface area contributed by atoms with Gasteiger partial charge in [0.2, 0.25) is 5.90 Å². The Kier molecular flexibility index (Phi) is 3.58. The van der Waals surface area contributed by atoms with Crippen molar-refractivity contribution in [2.45, 2.75) is 0 Å². The van der Waals surface area contributed by atoms with Crippen LogP contribution in [0.3, 0.4) is 0 Å². The van der Waals surface area contributed by atoms with Crippen LogP contribution in [0.25, 0.3) is 27.6 Å². The molecule has 0 N–H and O–H groups in total. The van der Waals surface area contributed by atoms with Gasteiger partial charge in [-0.05, 0) is 51.4 Å². The number of aliphatic imine (C=N–C) groups is 1. The predicted octanol–water partition coefficient (Wildman–Crippen LogP) is 5.34. The fraction of sp³-hybridized carbons (Fsp3) is 0. The average molecular weight is 349 g/mol. The summed E-state index contributed by atoms with van der Waals surface area (Å²) >= 11 is 0. The van der Waals surface area contributed by atoms with E-state index in [9.17, 15) is 4.79 Å². The zero-order chi connectivity index (χ0) is 18.2. The lowest BCUT2D eigenvalue weighted by atomic mass is 9.97. The number of benzene rings is 4. The van der Waals surface area contributed by atoms with Crippen molar-refractivity contribution >= 4 is 39.5 Å². The molecule has 0 aromatic heterocycles. The van der Waals surface area contributed by atoms with E-state index in [-0.39, 0.29) is 0 Å². The molecule has 1 aliphatic heterocycles. The van der Waals surface area contributed by atoms with Crippen LogP contribution in [0.5, 0.6) is 0 Å². The summed E-state index contributed by atoms with van der Waals surface area (Å²) in [6, 6.07) is 28.0. The maximum absolute atomic E-state index is 12.4. The van der Waals surface area contributed by atoms with Gasteiger partial charge in [0.15, 0.2) is 5.70 Å². The smallest absolute Gasteiger partial charge is 0.363 e. The van der Waals surface area contributed by atoms with E-state index in [1.54, 1.807) is 0 Å². The Bertz CT molecular complexity index is 1250. The largest absolute Gasteiger partial charge is 0.402 e. The Balaban J connectivity index is 1.69. The third-order valence-corrected chi connectivity index (χ3v) is 4.73. The monoisotopic (exact) mass is 349 g/mol. The van der Waals surface area contributed by atoms with Crippen LogP contribution in [0.2, 0.25) is 0 Å². The van der Waals surface area contributed by atoms with Gasteiger partial charge >= 0.3 is 5.97 Å². The van der Waals surface area contributed by atoms with Crippen molar-refractivity contribution < 1.29 is 9.53 Å². The highest BCUT2D eigenvalue weighted by Gasteiger charge is 2.24. The Morgan fingerprint density at radius 3 is 2.22 bits per heavy atom. The molecule has 0 atom stereocenters. The van der Waals surface area contributed by atoms with Gasteiger partial charge < -0.3 is 4.74 Å². The number of fused-ring (bicyclic) bond motifs is 3. The average Bonchev–Trinajstić information content (AvgIpc) is 3.09. The van der Waals surface area contributed by atoms with Crippen LogP contribution in [-0.4, -0.2) is 11.9 Å². The molecule has 4 aromatic carbocycles. The molecule has 1 aliphatic rings. The van der Waals surface area contributed by atoms with E-state index >= 15 is 0 Å². The van der Waals surface area contributed by atoms with Crippen molar-refractivity contribution in [3.8, 4) is 0 Å². The van der Waals surface area contributed by atoms with Gasteiger partial charge in [-0.25, -0.2) is 9.79 Å². The number of ether oxygens (including phenoxy) is 1. The normalized spacial score (nSPS) is 15.3. The Morgan fingerprint density at radius 1 is 0.741 bits per heavy atom. The standard InChI is InChI=1S/C24H15NO2/c26-24-22(25-23(27-24)16-8-2-1-3-9-16)15-18-14-17-10-4-5-11-19(17)21-13-7-6-12-20(18)21/h1-15H/b22-15-. The fourth-order valence-corrected chi connectivity index (χ4v) is 3.46. The van der Waals surface area contributed by atoms with Crippen LogP contribution in [0.1, 0.15) is 11.1 Å². The molecule has 128 valence electrons. The number of nitrogens with zero attached hydrogens (tertiary/aromatic N) is 1. The van der Waals surface area contributed by atoms with E-state index in [0.29, 0.717) is 11.6 Å². The number of rotatable bonds is 2. The highest BCUT2D eigenvalue weighted by molar-refractivity contribution is 6.15. The summed E-state index contributed by atoms with van der Waals surface area (Å²) in [5, 5.41) is 4.56. The van der Waals surface area contributed by atoms with Crippen molar-refractivity contribution in [3.63, 3.8) is 0 Å². The molecule has 0 aliphatic carbocycles. The molecule has 3 nitrogen and oxygen atoms in total. The van der Waals surface area contributed by atoms with E-state index in [0.717, 1.165) is 27.3 Å². The molecule has 5 rings (SSSR count). The first-order chi connectivity index (χ1) is 13.3. The highest BCUT2D eigenvalue weighted by Crippen LogP contribution is 2.31. The zero-order valence-corrected chi connectivity index (χ0v) is 14.4. The fourth-order valence-electron chi connectivity index (χ4n) is 3.46. The Morgan fingerprint density at radius 2 is 1.41 bits per heavy atom. The van der Waals surface area contributed by atoms with E-state index in [4.69, 9.17) is 4.74 Å². The molecule has 0 spiro atoms. The summed E-state index contributed by atoms with van der Waals surface area (Å²) in [6.07, 6.45) is 1.81. The zero-order valence-electron chi connectivity index (χ0n) is 14.4. The first-order valence-corrected chi connectivity index (χ1v) is 8.78. The van der Waals surface area contributed by atoms with Crippen LogP contribution in [0, 0.1) is 0 Å². The second-order valence-electron chi connectivity index (χ2n) is 6.43. The van der Waals surface area contributed by atoms with E-state index < -0.39 is 5.97 Å². The van der Waals surface area contributed by atoms with Crippen molar-refractivity contribution in [1.82, 2.24) is 0 Å². The number of cyclic esters (lactones) is 1. The summed E-state index contributed by atoms with van der Waals surface area (Å²) in [4.78, 5) is 16.8. The number of carbonyl (C=O) groups is 1. The minimum absolute atomic E-state index is 0.314. The lowest BCUT2D eigenvalue weighted by Crippen LogP contribution is -2.04. The molecule has 3 heteroatoms. The Hall–Kier alpha value is -3.72. The van der Waals surface area contributed by atoms with Crippen molar-refractivity contribution in [1.29, 1.82) is 0 Å².